The van der Waals surface area contributed by atoms with Crippen molar-refractivity contribution < 1.29 is 14.7 Å². The first-order valence-corrected chi connectivity index (χ1v) is 7.62. The number of amides is 1. The van der Waals surface area contributed by atoms with Gasteiger partial charge in [0.25, 0.3) is 5.91 Å². The first-order chi connectivity index (χ1) is 9.54. The van der Waals surface area contributed by atoms with Gasteiger partial charge in [0.2, 0.25) is 0 Å². The first-order valence-electron chi connectivity index (χ1n) is 6.19. The fourth-order valence-electron chi connectivity index (χ4n) is 2.07. The molecule has 1 amide bonds. The molecule has 1 saturated heterocycles. The van der Waals surface area contributed by atoms with Crippen LogP contribution in [0.3, 0.4) is 0 Å². The van der Waals surface area contributed by atoms with Crippen molar-refractivity contribution in [1.29, 1.82) is 0 Å². The maximum atomic E-state index is 12.5. The molecule has 2 rings (SSSR count). The van der Waals surface area contributed by atoms with E-state index in [0.717, 1.165) is 12.8 Å². The molecule has 1 aromatic rings. The van der Waals surface area contributed by atoms with Crippen molar-refractivity contribution in [2.75, 3.05) is 5.75 Å². The summed E-state index contributed by atoms with van der Waals surface area (Å²) in [6.45, 7) is 2.00. The van der Waals surface area contributed by atoms with Crippen LogP contribution >= 0.6 is 23.4 Å². The van der Waals surface area contributed by atoms with E-state index in [1.54, 1.807) is 0 Å². The van der Waals surface area contributed by atoms with Gasteiger partial charge in [0.15, 0.2) is 0 Å². The van der Waals surface area contributed by atoms with Crippen molar-refractivity contribution in [3.8, 4) is 0 Å². The van der Waals surface area contributed by atoms with Gasteiger partial charge < -0.3 is 10.0 Å². The Kier molecular flexibility index (Phi) is 4.82. The molecule has 0 spiro atoms. The SMILES string of the molecule is CCCC1SCC(C(=O)O)N1C(=O)c1cncc(Cl)n1. The van der Waals surface area contributed by atoms with Crippen molar-refractivity contribution in [2.45, 2.75) is 31.2 Å². The van der Waals surface area contributed by atoms with Crippen molar-refractivity contribution in [2.24, 2.45) is 0 Å². The molecule has 0 radical (unpaired) electrons. The summed E-state index contributed by atoms with van der Waals surface area (Å²) in [6.07, 6.45) is 4.25. The highest BCUT2D eigenvalue weighted by Gasteiger charge is 2.41. The van der Waals surface area contributed by atoms with E-state index >= 15 is 0 Å². The van der Waals surface area contributed by atoms with E-state index in [2.05, 4.69) is 9.97 Å². The van der Waals surface area contributed by atoms with E-state index in [-0.39, 0.29) is 16.2 Å². The molecule has 0 bridgehead atoms. The fourth-order valence-corrected chi connectivity index (χ4v) is 3.73. The van der Waals surface area contributed by atoms with Gasteiger partial charge in [-0.1, -0.05) is 24.9 Å². The van der Waals surface area contributed by atoms with Gasteiger partial charge in [0.1, 0.15) is 16.9 Å². The van der Waals surface area contributed by atoms with Crippen molar-refractivity contribution in [1.82, 2.24) is 14.9 Å². The largest absolute Gasteiger partial charge is 0.480 e. The molecule has 2 heterocycles. The second-order valence-electron chi connectivity index (χ2n) is 4.37. The number of aliphatic carboxylic acids is 1. The maximum absolute atomic E-state index is 12.5. The van der Waals surface area contributed by atoms with Crippen LogP contribution in [-0.2, 0) is 4.79 Å². The van der Waals surface area contributed by atoms with Gasteiger partial charge in [-0.25, -0.2) is 9.78 Å². The third kappa shape index (κ3) is 3.04. The van der Waals surface area contributed by atoms with Crippen molar-refractivity contribution in [3.05, 3.63) is 23.2 Å². The van der Waals surface area contributed by atoms with E-state index in [1.165, 1.54) is 29.1 Å². The van der Waals surface area contributed by atoms with E-state index in [0.29, 0.717) is 5.75 Å². The monoisotopic (exact) mass is 315 g/mol. The van der Waals surface area contributed by atoms with E-state index in [1.807, 2.05) is 6.92 Å². The van der Waals surface area contributed by atoms with Gasteiger partial charge in [-0.15, -0.1) is 11.8 Å². The second kappa shape index (κ2) is 6.41. The fraction of sp³-hybridized carbons (Fsp3) is 0.500. The smallest absolute Gasteiger partial charge is 0.327 e. The van der Waals surface area contributed by atoms with Gasteiger partial charge in [-0.05, 0) is 6.42 Å². The Morgan fingerprint density at radius 3 is 2.90 bits per heavy atom. The zero-order valence-electron chi connectivity index (χ0n) is 10.8. The first kappa shape index (κ1) is 15.1. The number of hydrogen-bond acceptors (Lipinski definition) is 5. The molecule has 0 aliphatic carbocycles. The number of aromatic nitrogens is 2. The number of carbonyl (C=O) groups excluding carboxylic acids is 1. The molecule has 1 aliphatic heterocycles. The van der Waals surface area contributed by atoms with Crippen LogP contribution in [0.4, 0.5) is 0 Å². The average molecular weight is 316 g/mol. The number of hydrogen-bond donors (Lipinski definition) is 1. The zero-order valence-corrected chi connectivity index (χ0v) is 12.4. The number of rotatable bonds is 4. The second-order valence-corrected chi connectivity index (χ2v) is 5.97. The molecule has 6 nitrogen and oxygen atoms in total. The molecule has 2 unspecified atom stereocenters. The molecule has 108 valence electrons. The van der Waals surface area contributed by atoms with E-state index in [9.17, 15) is 14.7 Å². The minimum Gasteiger partial charge on any atom is -0.480 e. The molecule has 1 aliphatic rings. The molecule has 20 heavy (non-hydrogen) atoms. The Balaban J connectivity index is 2.29. The van der Waals surface area contributed by atoms with Crippen LogP contribution in [0.2, 0.25) is 5.15 Å². The molecule has 1 fully saturated rings. The maximum Gasteiger partial charge on any atom is 0.327 e. The van der Waals surface area contributed by atoms with Gasteiger partial charge >= 0.3 is 5.97 Å². The molecule has 0 saturated carbocycles. The summed E-state index contributed by atoms with van der Waals surface area (Å²) >= 11 is 7.21. The van der Waals surface area contributed by atoms with Crippen molar-refractivity contribution >= 4 is 35.2 Å². The quantitative estimate of drug-likeness (QED) is 0.913. The topological polar surface area (TPSA) is 83.4 Å². The average Bonchev–Trinajstić information content (AvgIpc) is 2.82. The Morgan fingerprint density at radius 1 is 1.55 bits per heavy atom. The lowest BCUT2D eigenvalue weighted by Crippen LogP contribution is -2.45. The summed E-state index contributed by atoms with van der Waals surface area (Å²) in [5, 5.41) is 9.22. The van der Waals surface area contributed by atoms with Crippen LogP contribution in [-0.4, -0.2) is 49.0 Å². The minimum absolute atomic E-state index is 0.0763. The summed E-state index contributed by atoms with van der Waals surface area (Å²) in [7, 11) is 0. The zero-order chi connectivity index (χ0) is 14.7. The van der Waals surface area contributed by atoms with Crippen LogP contribution in [0.15, 0.2) is 12.4 Å². The number of carbonyl (C=O) groups is 2. The summed E-state index contributed by atoms with van der Waals surface area (Å²) in [6, 6.07) is -0.829. The van der Waals surface area contributed by atoms with Gasteiger partial charge in [-0.3, -0.25) is 9.78 Å². The predicted octanol–water partition coefficient (Wildman–Crippen LogP) is 1.90. The predicted molar refractivity (Wildman–Crippen MR) is 75.8 cm³/mol. The van der Waals surface area contributed by atoms with Gasteiger partial charge in [0.05, 0.1) is 17.8 Å². The molecule has 1 N–H and O–H groups in total. The van der Waals surface area contributed by atoms with Crippen molar-refractivity contribution in [3.63, 3.8) is 0 Å². The molecule has 2 atom stereocenters. The highest BCUT2D eigenvalue weighted by molar-refractivity contribution is 8.00. The lowest BCUT2D eigenvalue weighted by molar-refractivity contribution is -0.141. The lowest BCUT2D eigenvalue weighted by atomic mass is 10.2. The molecule has 1 aromatic heterocycles. The van der Waals surface area contributed by atoms with Crippen LogP contribution < -0.4 is 0 Å². The summed E-state index contributed by atoms with van der Waals surface area (Å²) in [5.74, 6) is -1.05. The summed E-state index contributed by atoms with van der Waals surface area (Å²) in [5.41, 5.74) is 0.0763. The number of halogens is 1. The number of nitrogens with zero attached hydrogens (tertiary/aromatic N) is 3. The Morgan fingerprint density at radius 2 is 2.30 bits per heavy atom. The Hall–Kier alpha value is -1.34. The van der Waals surface area contributed by atoms with E-state index < -0.39 is 17.9 Å². The molecular weight excluding hydrogens is 302 g/mol. The number of thioether (sulfide) groups is 1. The minimum atomic E-state index is -1.00. The van der Waals surface area contributed by atoms with Crippen LogP contribution in [0.25, 0.3) is 0 Å². The summed E-state index contributed by atoms with van der Waals surface area (Å²) in [4.78, 5) is 32.9. The van der Waals surface area contributed by atoms with E-state index in [4.69, 9.17) is 11.6 Å². The van der Waals surface area contributed by atoms with Crippen LogP contribution in [0, 0.1) is 0 Å². The van der Waals surface area contributed by atoms with Gasteiger partial charge in [0, 0.05) is 5.75 Å². The summed E-state index contributed by atoms with van der Waals surface area (Å²) < 4.78 is 0. The highest BCUT2D eigenvalue weighted by Crippen LogP contribution is 2.33. The Bertz CT molecular complexity index is 528. The van der Waals surface area contributed by atoms with Crippen LogP contribution in [0.1, 0.15) is 30.3 Å². The third-order valence-corrected chi connectivity index (χ3v) is 4.51. The van der Waals surface area contributed by atoms with Crippen LogP contribution in [0.5, 0.6) is 0 Å². The lowest BCUT2D eigenvalue weighted by Gasteiger charge is -2.26. The number of carboxylic acid groups (broad SMARTS) is 1. The third-order valence-electron chi connectivity index (χ3n) is 2.97. The Labute approximate surface area is 125 Å². The highest BCUT2D eigenvalue weighted by atomic mass is 35.5. The number of carboxylic acids is 1. The molecular formula is C12H14ClN3O3S. The standard InChI is InChI=1S/C12H14ClN3O3S/c1-2-3-10-16(8(6-20-10)12(18)19)11(17)7-4-14-5-9(13)15-7/h4-5,8,10H,2-3,6H2,1H3,(H,18,19). The van der Waals surface area contributed by atoms with Gasteiger partial charge in [-0.2, -0.15) is 0 Å². The molecule has 8 heteroatoms. The molecule has 0 aromatic carbocycles. The normalized spacial score (nSPS) is 22.0.